The van der Waals surface area contributed by atoms with Crippen molar-refractivity contribution in [3.8, 4) is 0 Å². The fourth-order valence-corrected chi connectivity index (χ4v) is 1.15. The van der Waals surface area contributed by atoms with Crippen molar-refractivity contribution in [1.82, 2.24) is 0 Å². The van der Waals surface area contributed by atoms with Crippen LogP contribution in [0.2, 0.25) is 0 Å². The number of hydrogen-bond acceptors (Lipinski definition) is 6. The molecule has 0 aromatic heterocycles. The first-order valence-electron chi connectivity index (χ1n) is 3.59. The Morgan fingerprint density at radius 3 is 2.50 bits per heavy atom. The van der Waals surface area contributed by atoms with Crippen LogP contribution in [0.3, 0.4) is 0 Å². The van der Waals surface area contributed by atoms with Gasteiger partial charge in [0.15, 0.2) is 0 Å². The van der Waals surface area contributed by atoms with Gasteiger partial charge >= 0.3 is 0 Å². The molecule has 0 spiro atoms. The summed E-state index contributed by atoms with van der Waals surface area (Å²) in [6, 6.07) is 0. The SMILES string of the molecule is OC[C@@H](OO)[C@H]1OC[C@H](O)[C@H]1O. The molecule has 72 valence electrons. The highest BCUT2D eigenvalue weighted by Gasteiger charge is 2.40. The topological polar surface area (TPSA) is 99.4 Å². The van der Waals surface area contributed by atoms with E-state index in [2.05, 4.69) is 4.89 Å². The van der Waals surface area contributed by atoms with Crippen LogP contribution in [0.1, 0.15) is 0 Å². The maximum Gasteiger partial charge on any atom is 0.144 e. The fourth-order valence-electron chi connectivity index (χ4n) is 1.15. The van der Waals surface area contributed by atoms with Gasteiger partial charge in [-0.3, -0.25) is 5.26 Å². The summed E-state index contributed by atoms with van der Waals surface area (Å²) in [5, 5.41) is 35.1. The predicted octanol–water partition coefficient (Wildman–Crippen LogP) is -2.04. The molecular formula is C6H12O6. The van der Waals surface area contributed by atoms with Gasteiger partial charge in [0.05, 0.1) is 13.2 Å². The third-order valence-corrected chi connectivity index (χ3v) is 1.87. The van der Waals surface area contributed by atoms with Crippen LogP contribution in [0, 0.1) is 0 Å². The van der Waals surface area contributed by atoms with Gasteiger partial charge in [-0.05, 0) is 0 Å². The van der Waals surface area contributed by atoms with Gasteiger partial charge in [-0.1, -0.05) is 0 Å². The van der Waals surface area contributed by atoms with E-state index in [9.17, 15) is 5.11 Å². The normalized spacial score (nSPS) is 38.5. The van der Waals surface area contributed by atoms with E-state index in [1.54, 1.807) is 0 Å². The molecule has 1 aliphatic rings. The highest BCUT2D eigenvalue weighted by molar-refractivity contribution is 4.87. The van der Waals surface area contributed by atoms with Gasteiger partial charge in [0.2, 0.25) is 0 Å². The molecule has 4 atom stereocenters. The number of hydrogen-bond donors (Lipinski definition) is 4. The van der Waals surface area contributed by atoms with Crippen LogP contribution < -0.4 is 0 Å². The first kappa shape index (κ1) is 9.85. The van der Waals surface area contributed by atoms with Crippen molar-refractivity contribution >= 4 is 0 Å². The van der Waals surface area contributed by atoms with E-state index in [1.807, 2.05) is 0 Å². The van der Waals surface area contributed by atoms with Crippen LogP contribution in [-0.2, 0) is 9.62 Å². The van der Waals surface area contributed by atoms with E-state index in [4.69, 9.17) is 20.2 Å². The van der Waals surface area contributed by atoms with Crippen LogP contribution in [0.5, 0.6) is 0 Å². The molecule has 1 saturated heterocycles. The second-order valence-corrected chi connectivity index (χ2v) is 2.68. The predicted molar refractivity (Wildman–Crippen MR) is 36.3 cm³/mol. The monoisotopic (exact) mass is 180 g/mol. The van der Waals surface area contributed by atoms with Crippen molar-refractivity contribution < 1.29 is 30.2 Å². The van der Waals surface area contributed by atoms with Crippen molar-refractivity contribution in [1.29, 1.82) is 0 Å². The molecule has 0 bridgehead atoms. The Balaban J connectivity index is 2.51. The molecule has 0 amide bonds. The van der Waals surface area contributed by atoms with Gasteiger partial charge in [0, 0.05) is 0 Å². The molecule has 0 aliphatic carbocycles. The second kappa shape index (κ2) is 4.13. The summed E-state index contributed by atoms with van der Waals surface area (Å²) < 4.78 is 4.88. The lowest BCUT2D eigenvalue weighted by Crippen LogP contribution is -2.41. The molecular weight excluding hydrogens is 168 g/mol. The molecule has 12 heavy (non-hydrogen) atoms. The third-order valence-electron chi connectivity index (χ3n) is 1.87. The van der Waals surface area contributed by atoms with Crippen LogP contribution in [0.25, 0.3) is 0 Å². The Bertz CT molecular complexity index is 136. The quantitative estimate of drug-likeness (QED) is 0.295. The van der Waals surface area contributed by atoms with Gasteiger partial charge in [0.1, 0.15) is 24.4 Å². The number of rotatable bonds is 3. The highest BCUT2D eigenvalue weighted by Crippen LogP contribution is 2.18. The Morgan fingerprint density at radius 2 is 2.17 bits per heavy atom. The first-order valence-corrected chi connectivity index (χ1v) is 3.59. The lowest BCUT2D eigenvalue weighted by atomic mass is 10.1. The third kappa shape index (κ3) is 1.74. The average Bonchev–Trinajstić information content (AvgIpc) is 2.38. The van der Waals surface area contributed by atoms with E-state index in [0.29, 0.717) is 0 Å². The van der Waals surface area contributed by atoms with Gasteiger partial charge in [-0.15, -0.1) is 0 Å². The Morgan fingerprint density at radius 1 is 1.50 bits per heavy atom. The van der Waals surface area contributed by atoms with Gasteiger partial charge < -0.3 is 20.1 Å². The van der Waals surface area contributed by atoms with E-state index < -0.39 is 31.0 Å². The average molecular weight is 180 g/mol. The lowest BCUT2D eigenvalue weighted by Gasteiger charge is -2.20. The van der Waals surface area contributed by atoms with Crippen molar-refractivity contribution in [2.45, 2.75) is 24.4 Å². The van der Waals surface area contributed by atoms with Gasteiger partial charge in [-0.2, -0.15) is 0 Å². The minimum atomic E-state index is -1.13. The highest BCUT2D eigenvalue weighted by atomic mass is 17.1. The van der Waals surface area contributed by atoms with Crippen molar-refractivity contribution in [2.75, 3.05) is 13.2 Å². The molecule has 1 heterocycles. The summed E-state index contributed by atoms with van der Waals surface area (Å²) in [7, 11) is 0. The molecule has 1 aliphatic heterocycles. The van der Waals surface area contributed by atoms with Gasteiger partial charge in [-0.25, -0.2) is 4.89 Å². The van der Waals surface area contributed by atoms with Crippen LogP contribution in [-0.4, -0.2) is 58.2 Å². The summed E-state index contributed by atoms with van der Waals surface area (Å²) in [5.41, 5.74) is 0. The standard InChI is InChI=1S/C6H12O6/c7-1-4(12-10)6-5(9)3(8)2-11-6/h3-10H,1-2H2/t3-,4+,5+,6+/m0/s1. The van der Waals surface area contributed by atoms with Crippen molar-refractivity contribution in [2.24, 2.45) is 0 Å². The van der Waals surface area contributed by atoms with E-state index in [-0.39, 0.29) is 6.61 Å². The van der Waals surface area contributed by atoms with E-state index >= 15 is 0 Å². The Kier molecular flexibility index (Phi) is 3.39. The number of ether oxygens (including phenoxy) is 1. The minimum Gasteiger partial charge on any atom is -0.393 e. The lowest BCUT2D eigenvalue weighted by molar-refractivity contribution is -0.308. The Labute approximate surface area is 68.9 Å². The second-order valence-electron chi connectivity index (χ2n) is 2.68. The summed E-state index contributed by atoms with van der Waals surface area (Å²) in [5.74, 6) is 0. The molecule has 6 heteroatoms. The molecule has 0 radical (unpaired) electrons. The van der Waals surface area contributed by atoms with Crippen LogP contribution in [0.15, 0.2) is 0 Å². The summed E-state index contributed by atoms with van der Waals surface area (Å²) in [6.07, 6.45) is -4.01. The molecule has 0 aromatic rings. The van der Waals surface area contributed by atoms with E-state index in [1.165, 1.54) is 0 Å². The maximum absolute atomic E-state index is 9.21. The zero-order valence-corrected chi connectivity index (χ0v) is 6.33. The van der Waals surface area contributed by atoms with E-state index in [0.717, 1.165) is 0 Å². The minimum absolute atomic E-state index is 0.0221. The van der Waals surface area contributed by atoms with Crippen LogP contribution >= 0.6 is 0 Å². The number of aliphatic hydroxyl groups excluding tert-OH is 3. The molecule has 0 unspecified atom stereocenters. The first-order chi connectivity index (χ1) is 5.70. The molecule has 1 rings (SSSR count). The molecule has 0 saturated carbocycles. The molecule has 6 nitrogen and oxygen atoms in total. The van der Waals surface area contributed by atoms with Crippen molar-refractivity contribution in [3.05, 3.63) is 0 Å². The maximum atomic E-state index is 9.21. The smallest absolute Gasteiger partial charge is 0.144 e. The Hall–Kier alpha value is -0.240. The zero-order valence-electron chi connectivity index (χ0n) is 6.33. The van der Waals surface area contributed by atoms with Crippen LogP contribution in [0.4, 0.5) is 0 Å². The summed E-state index contributed by atoms with van der Waals surface area (Å²) in [6.45, 7) is -0.503. The number of aliphatic hydroxyl groups is 3. The molecule has 4 N–H and O–H groups in total. The molecule has 0 aromatic carbocycles. The largest absolute Gasteiger partial charge is 0.393 e. The molecule has 1 fully saturated rings. The van der Waals surface area contributed by atoms with Crippen molar-refractivity contribution in [3.63, 3.8) is 0 Å². The fraction of sp³-hybridized carbons (Fsp3) is 1.00. The summed E-state index contributed by atoms with van der Waals surface area (Å²) in [4.78, 5) is 3.86. The van der Waals surface area contributed by atoms with Gasteiger partial charge in [0.25, 0.3) is 0 Å². The summed E-state index contributed by atoms with van der Waals surface area (Å²) >= 11 is 0. The zero-order chi connectivity index (χ0) is 9.14.